The first kappa shape index (κ1) is 21.5. The number of aliphatic carboxylic acids is 1. The van der Waals surface area contributed by atoms with E-state index in [0.29, 0.717) is 5.88 Å². The van der Waals surface area contributed by atoms with Gasteiger partial charge in [0, 0.05) is 33.3 Å². The highest BCUT2D eigenvalue weighted by atomic mass is 79.9. The van der Waals surface area contributed by atoms with Gasteiger partial charge in [0.15, 0.2) is 0 Å². The Morgan fingerprint density at radius 2 is 2.00 bits per heavy atom. The Bertz CT molecular complexity index is 1200. The number of nitrogens with zero attached hydrogens (tertiary/aromatic N) is 1. The van der Waals surface area contributed by atoms with Crippen molar-refractivity contribution in [1.82, 2.24) is 4.98 Å². The van der Waals surface area contributed by atoms with Gasteiger partial charge in [-0.25, -0.2) is 4.98 Å². The fourth-order valence-electron chi connectivity index (χ4n) is 5.04. The summed E-state index contributed by atoms with van der Waals surface area (Å²) in [6, 6.07) is 12.8. The number of carbonyl (C=O) groups is 1. The fraction of sp³-hybridized carbons (Fsp3) is 0.308. The van der Waals surface area contributed by atoms with Gasteiger partial charge in [-0.15, -0.1) is 11.8 Å². The molecular weight excluding hydrogens is 486 g/mol. The lowest BCUT2D eigenvalue weighted by Gasteiger charge is -2.17. The third-order valence-corrected chi connectivity index (χ3v) is 8.11. The summed E-state index contributed by atoms with van der Waals surface area (Å²) in [6.07, 6.45) is 3.84. The first-order valence-corrected chi connectivity index (χ1v) is 12.6. The van der Waals surface area contributed by atoms with Crippen LogP contribution >= 0.6 is 27.7 Å². The summed E-state index contributed by atoms with van der Waals surface area (Å²) >= 11 is 5.30. The van der Waals surface area contributed by atoms with Gasteiger partial charge in [-0.05, 0) is 77.8 Å². The lowest BCUT2D eigenvalue weighted by molar-refractivity contribution is -0.137. The summed E-state index contributed by atoms with van der Waals surface area (Å²) < 4.78 is 7.47. The maximum absolute atomic E-state index is 11.1. The molecule has 0 amide bonds. The smallest absolute Gasteiger partial charge is 0.303 e. The van der Waals surface area contributed by atoms with Crippen molar-refractivity contribution in [1.29, 1.82) is 0 Å². The number of ether oxygens (including phenoxy) is 1. The highest BCUT2D eigenvalue weighted by Gasteiger charge is 2.30. The molecule has 0 spiro atoms. The van der Waals surface area contributed by atoms with Crippen molar-refractivity contribution < 1.29 is 14.6 Å². The van der Waals surface area contributed by atoms with Gasteiger partial charge in [0.05, 0.1) is 6.42 Å². The molecule has 164 valence electrons. The highest BCUT2D eigenvalue weighted by molar-refractivity contribution is 9.10. The van der Waals surface area contributed by atoms with Gasteiger partial charge in [0.1, 0.15) is 6.10 Å². The van der Waals surface area contributed by atoms with E-state index in [9.17, 15) is 4.79 Å². The van der Waals surface area contributed by atoms with Crippen LogP contribution in [-0.4, -0.2) is 21.8 Å². The zero-order valence-corrected chi connectivity index (χ0v) is 20.4. The maximum Gasteiger partial charge on any atom is 0.303 e. The molecule has 6 heteroatoms. The van der Waals surface area contributed by atoms with E-state index in [1.807, 2.05) is 6.07 Å². The molecule has 2 atom stereocenters. The zero-order valence-electron chi connectivity index (χ0n) is 18.0. The number of thioether (sulfide) groups is 1. The maximum atomic E-state index is 11.1. The number of hydrogen-bond donors (Lipinski definition) is 1. The Kier molecular flexibility index (Phi) is 5.76. The molecule has 3 aromatic rings. The summed E-state index contributed by atoms with van der Waals surface area (Å²) in [4.78, 5) is 16.7. The number of halogens is 1. The number of benzene rings is 2. The third kappa shape index (κ3) is 3.95. The first-order chi connectivity index (χ1) is 15.4. The molecule has 2 aliphatic rings. The molecule has 1 N–H and O–H groups in total. The molecule has 0 radical (unpaired) electrons. The predicted molar refractivity (Wildman–Crippen MR) is 131 cm³/mol. The minimum absolute atomic E-state index is 0.0206. The Hall–Kier alpha value is -2.31. The Morgan fingerprint density at radius 3 is 2.75 bits per heavy atom. The molecule has 4 nitrogen and oxygen atoms in total. The molecule has 5 rings (SSSR count). The zero-order chi connectivity index (χ0) is 22.4. The number of rotatable bonds is 5. The quantitative estimate of drug-likeness (QED) is 0.407. The van der Waals surface area contributed by atoms with Crippen LogP contribution in [0.15, 0.2) is 52.0 Å². The van der Waals surface area contributed by atoms with Crippen molar-refractivity contribution in [2.75, 3.05) is 5.75 Å². The fourth-order valence-corrected chi connectivity index (χ4v) is 6.97. The third-order valence-electron chi connectivity index (χ3n) is 6.42. The standard InChI is InChI=1S/C26H24BrNO3S/c1-14-8-17(27)9-15(2)26(14)20-5-3-4-19-18(20)6-7-22(19)31-24-11-23-21(12-28-24)16(13-32-23)10-25(29)30/h3-5,8-9,11-12,16,22H,6-7,10,13H2,1-2H3,(H,29,30)/t16-,22?/m1/s1. The SMILES string of the molecule is Cc1cc(Br)cc(C)c1-c1cccc2c1CCC2Oc1cc2c(cn1)[C@H](CC(=O)O)CS2. The second kappa shape index (κ2) is 8.56. The van der Waals surface area contributed by atoms with Crippen LogP contribution in [0.5, 0.6) is 5.88 Å². The lowest BCUT2D eigenvalue weighted by Crippen LogP contribution is -2.07. The van der Waals surface area contributed by atoms with E-state index >= 15 is 0 Å². The molecule has 1 aliphatic carbocycles. The number of hydrogen-bond acceptors (Lipinski definition) is 4. The van der Waals surface area contributed by atoms with Crippen molar-refractivity contribution in [3.63, 3.8) is 0 Å². The minimum Gasteiger partial charge on any atom is -0.481 e. The number of carboxylic acid groups (broad SMARTS) is 1. The summed E-state index contributed by atoms with van der Waals surface area (Å²) in [5.41, 5.74) is 8.77. The topological polar surface area (TPSA) is 59.4 Å². The van der Waals surface area contributed by atoms with Crippen molar-refractivity contribution in [2.45, 2.75) is 50.0 Å². The molecule has 2 aromatic carbocycles. The number of carboxylic acids is 1. The summed E-state index contributed by atoms with van der Waals surface area (Å²) in [5, 5.41) is 9.13. The van der Waals surface area contributed by atoms with Gasteiger partial charge >= 0.3 is 5.97 Å². The second-order valence-corrected chi connectivity index (χ2v) is 10.6. The van der Waals surface area contributed by atoms with Crippen LogP contribution in [0.2, 0.25) is 0 Å². The molecule has 1 unspecified atom stereocenters. The normalized spacial score (nSPS) is 19.0. The molecule has 1 aromatic heterocycles. The summed E-state index contributed by atoms with van der Waals surface area (Å²) in [5.74, 6) is 0.667. The van der Waals surface area contributed by atoms with Crippen LogP contribution in [0.3, 0.4) is 0 Å². The van der Waals surface area contributed by atoms with Crippen molar-refractivity contribution in [3.8, 4) is 17.0 Å². The molecule has 0 bridgehead atoms. The Balaban J connectivity index is 1.42. The average Bonchev–Trinajstić information content (AvgIpc) is 3.32. The van der Waals surface area contributed by atoms with E-state index in [4.69, 9.17) is 9.84 Å². The number of aryl methyl sites for hydroxylation is 2. The van der Waals surface area contributed by atoms with Gasteiger partial charge < -0.3 is 9.84 Å². The van der Waals surface area contributed by atoms with E-state index in [2.05, 4.69) is 65.1 Å². The number of aromatic nitrogens is 1. The van der Waals surface area contributed by atoms with Crippen LogP contribution in [0.4, 0.5) is 0 Å². The molecule has 32 heavy (non-hydrogen) atoms. The Labute approximate surface area is 200 Å². The number of fused-ring (bicyclic) bond motifs is 2. The van der Waals surface area contributed by atoms with Crippen molar-refractivity contribution >= 4 is 33.7 Å². The van der Waals surface area contributed by atoms with Crippen LogP contribution in [0, 0.1) is 13.8 Å². The van der Waals surface area contributed by atoms with Crippen LogP contribution < -0.4 is 4.74 Å². The Morgan fingerprint density at radius 1 is 1.22 bits per heavy atom. The van der Waals surface area contributed by atoms with Gasteiger partial charge in [-0.2, -0.15) is 0 Å². The van der Waals surface area contributed by atoms with E-state index in [0.717, 1.165) is 33.5 Å². The molecule has 0 fully saturated rings. The predicted octanol–water partition coefficient (Wildman–Crippen LogP) is 6.86. The highest BCUT2D eigenvalue weighted by Crippen LogP contribution is 2.45. The van der Waals surface area contributed by atoms with Crippen molar-refractivity contribution in [3.05, 3.63) is 74.9 Å². The minimum atomic E-state index is -0.765. The molecule has 2 heterocycles. The summed E-state index contributed by atoms with van der Waals surface area (Å²) in [6.45, 7) is 4.33. The largest absolute Gasteiger partial charge is 0.481 e. The van der Waals surface area contributed by atoms with E-state index in [-0.39, 0.29) is 18.4 Å². The van der Waals surface area contributed by atoms with Crippen LogP contribution in [0.25, 0.3) is 11.1 Å². The van der Waals surface area contributed by atoms with Gasteiger partial charge in [0.2, 0.25) is 5.88 Å². The van der Waals surface area contributed by atoms with Gasteiger partial charge in [-0.3, -0.25) is 4.79 Å². The van der Waals surface area contributed by atoms with Crippen molar-refractivity contribution in [2.24, 2.45) is 0 Å². The second-order valence-electron chi connectivity index (χ2n) is 8.60. The number of pyridine rings is 1. The molecule has 0 saturated heterocycles. The first-order valence-electron chi connectivity index (χ1n) is 10.8. The summed E-state index contributed by atoms with van der Waals surface area (Å²) in [7, 11) is 0. The van der Waals surface area contributed by atoms with Crippen LogP contribution in [-0.2, 0) is 11.2 Å². The average molecular weight is 510 g/mol. The van der Waals surface area contributed by atoms with E-state index in [1.165, 1.54) is 33.4 Å². The van der Waals surface area contributed by atoms with E-state index < -0.39 is 5.97 Å². The molecule has 1 aliphatic heterocycles. The molecular formula is C26H24BrNO3S. The monoisotopic (exact) mass is 509 g/mol. The van der Waals surface area contributed by atoms with Gasteiger partial charge in [-0.1, -0.05) is 34.1 Å². The molecule has 0 saturated carbocycles. The van der Waals surface area contributed by atoms with E-state index in [1.54, 1.807) is 18.0 Å². The van der Waals surface area contributed by atoms with Gasteiger partial charge in [0.25, 0.3) is 0 Å². The van der Waals surface area contributed by atoms with Crippen LogP contribution in [0.1, 0.15) is 52.7 Å². The lowest BCUT2D eigenvalue weighted by atomic mass is 9.91.